The average molecular weight is 214 g/mol. The summed E-state index contributed by atoms with van der Waals surface area (Å²) in [6.07, 6.45) is 0.860. The summed E-state index contributed by atoms with van der Waals surface area (Å²) in [5.74, 6) is 2.16. The third-order valence-corrected chi connectivity index (χ3v) is 1.88. The summed E-state index contributed by atoms with van der Waals surface area (Å²) in [4.78, 5) is 8.53. The van der Waals surface area contributed by atoms with E-state index in [-0.39, 0.29) is 0 Å². The molecule has 0 radical (unpaired) electrons. The van der Waals surface area contributed by atoms with Crippen LogP contribution in [0.1, 0.15) is 26.6 Å². The number of hydrogen-bond donors (Lipinski definition) is 1. The van der Waals surface area contributed by atoms with E-state index in [1.807, 2.05) is 6.92 Å². The fraction of sp³-hybridized carbons (Fsp3) is 0.600. The highest BCUT2D eigenvalue weighted by Gasteiger charge is 2.04. The van der Waals surface area contributed by atoms with Crippen molar-refractivity contribution in [1.29, 1.82) is 0 Å². The maximum atomic E-state index is 5.88. The first-order valence-corrected chi connectivity index (χ1v) is 5.27. The molecule has 0 amide bonds. The Hall–Kier alpha value is -0.830. The van der Waals surface area contributed by atoms with Crippen molar-refractivity contribution in [2.24, 2.45) is 5.92 Å². The molecule has 0 aliphatic rings. The zero-order valence-corrected chi connectivity index (χ0v) is 9.60. The van der Waals surface area contributed by atoms with Crippen LogP contribution in [-0.2, 0) is 6.42 Å². The van der Waals surface area contributed by atoms with E-state index in [1.165, 1.54) is 0 Å². The van der Waals surface area contributed by atoms with Gasteiger partial charge in [-0.25, -0.2) is 9.97 Å². The Morgan fingerprint density at radius 3 is 2.71 bits per heavy atom. The molecular weight excluding hydrogens is 198 g/mol. The van der Waals surface area contributed by atoms with Gasteiger partial charge in [-0.05, 0) is 12.8 Å². The summed E-state index contributed by atoms with van der Waals surface area (Å²) in [5, 5.41) is 3.63. The van der Waals surface area contributed by atoms with Crippen molar-refractivity contribution in [3.05, 3.63) is 17.0 Å². The van der Waals surface area contributed by atoms with Gasteiger partial charge in [-0.15, -0.1) is 0 Å². The minimum atomic E-state index is 0.506. The monoisotopic (exact) mass is 213 g/mol. The molecule has 0 fully saturated rings. The first-order valence-electron chi connectivity index (χ1n) is 4.89. The largest absolute Gasteiger partial charge is 0.370 e. The molecule has 3 nitrogen and oxygen atoms in total. The second-order valence-electron chi connectivity index (χ2n) is 3.62. The first-order chi connectivity index (χ1) is 6.61. The molecule has 1 heterocycles. The smallest absolute Gasteiger partial charge is 0.134 e. The summed E-state index contributed by atoms with van der Waals surface area (Å²) >= 11 is 5.88. The highest BCUT2D eigenvalue weighted by molar-refractivity contribution is 6.29. The molecule has 4 heteroatoms. The van der Waals surface area contributed by atoms with Crippen molar-refractivity contribution >= 4 is 17.4 Å². The molecule has 0 unspecified atom stereocenters. The van der Waals surface area contributed by atoms with Gasteiger partial charge in [0.1, 0.15) is 16.8 Å². The fourth-order valence-corrected chi connectivity index (χ4v) is 1.39. The van der Waals surface area contributed by atoms with Crippen LogP contribution in [0.3, 0.4) is 0 Å². The van der Waals surface area contributed by atoms with E-state index in [4.69, 9.17) is 11.6 Å². The van der Waals surface area contributed by atoms with Gasteiger partial charge in [-0.3, -0.25) is 0 Å². The Labute approximate surface area is 89.9 Å². The maximum absolute atomic E-state index is 5.88. The predicted molar refractivity (Wildman–Crippen MR) is 59.7 cm³/mol. The molecule has 0 bridgehead atoms. The number of anilines is 1. The van der Waals surface area contributed by atoms with Gasteiger partial charge >= 0.3 is 0 Å². The molecule has 0 aliphatic carbocycles. The Balaban J connectivity index is 2.83. The third-order valence-electron chi connectivity index (χ3n) is 1.69. The van der Waals surface area contributed by atoms with E-state index in [0.29, 0.717) is 11.1 Å². The number of hydrogen-bond acceptors (Lipinski definition) is 3. The standard InChI is InChI=1S/C10H16ClN3/c1-4-12-9-6-8(11)13-10(14-9)5-7(2)3/h6-7H,4-5H2,1-3H3,(H,12,13,14). The molecule has 78 valence electrons. The minimum Gasteiger partial charge on any atom is -0.370 e. The summed E-state index contributed by atoms with van der Waals surface area (Å²) < 4.78 is 0. The summed E-state index contributed by atoms with van der Waals surface area (Å²) in [7, 11) is 0. The molecule has 1 N–H and O–H groups in total. The molecule has 0 aliphatic heterocycles. The highest BCUT2D eigenvalue weighted by Crippen LogP contribution is 2.13. The number of nitrogens with zero attached hydrogens (tertiary/aromatic N) is 2. The number of rotatable bonds is 4. The fourth-order valence-electron chi connectivity index (χ4n) is 1.19. The van der Waals surface area contributed by atoms with Crippen molar-refractivity contribution in [2.45, 2.75) is 27.2 Å². The van der Waals surface area contributed by atoms with Crippen LogP contribution in [0.25, 0.3) is 0 Å². The zero-order chi connectivity index (χ0) is 10.6. The summed E-state index contributed by atoms with van der Waals surface area (Å²) in [6.45, 7) is 7.14. The zero-order valence-electron chi connectivity index (χ0n) is 8.84. The third kappa shape index (κ3) is 3.50. The lowest BCUT2D eigenvalue weighted by Crippen LogP contribution is -2.05. The van der Waals surface area contributed by atoms with Crippen LogP contribution in [0.5, 0.6) is 0 Å². The van der Waals surface area contributed by atoms with Gasteiger partial charge in [-0.2, -0.15) is 0 Å². The van der Waals surface area contributed by atoms with Crippen LogP contribution >= 0.6 is 11.6 Å². The SMILES string of the molecule is CCNc1cc(Cl)nc(CC(C)C)n1. The van der Waals surface area contributed by atoms with Crippen LogP contribution in [-0.4, -0.2) is 16.5 Å². The number of halogens is 1. The molecule has 1 rings (SSSR count). The number of nitrogens with one attached hydrogen (secondary N) is 1. The molecule has 0 saturated heterocycles. The Morgan fingerprint density at radius 2 is 2.14 bits per heavy atom. The highest BCUT2D eigenvalue weighted by atomic mass is 35.5. The van der Waals surface area contributed by atoms with Crippen molar-refractivity contribution in [3.63, 3.8) is 0 Å². The van der Waals surface area contributed by atoms with E-state index in [2.05, 4.69) is 29.1 Å². The topological polar surface area (TPSA) is 37.8 Å². The Morgan fingerprint density at radius 1 is 1.43 bits per heavy atom. The van der Waals surface area contributed by atoms with Crippen LogP contribution in [0.15, 0.2) is 6.07 Å². The second kappa shape index (κ2) is 5.15. The quantitative estimate of drug-likeness (QED) is 0.782. The van der Waals surface area contributed by atoms with Crippen molar-refractivity contribution < 1.29 is 0 Å². The van der Waals surface area contributed by atoms with Gasteiger partial charge in [0.25, 0.3) is 0 Å². The van der Waals surface area contributed by atoms with E-state index < -0.39 is 0 Å². The van der Waals surface area contributed by atoms with E-state index in [9.17, 15) is 0 Å². The van der Waals surface area contributed by atoms with Crippen molar-refractivity contribution in [2.75, 3.05) is 11.9 Å². The van der Waals surface area contributed by atoms with Crippen molar-refractivity contribution in [1.82, 2.24) is 9.97 Å². The van der Waals surface area contributed by atoms with E-state index in [1.54, 1.807) is 6.07 Å². The first kappa shape index (κ1) is 11.2. The van der Waals surface area contributed by atoms with Crippen LogP contribution in [0, 0.1) is 5.92 Å². The van der Waals surface area contributed by atoms with Gasteiger partial charge in [-0.1, -0.05) is 25.4 Å². The van der Waals surface area contributed by atoms with Gasteiger partial charge in [0.15, 0.2) is 0 Å². The van der Waals surface area contributed by atoms with E-state index in [0.717, 1.165) is 24.6 Å². The minimum absolute atomic E-state index is 0.506. The lowest BCUT2D eigenvalue weighted by molar-refractivity contribution is 0.621. The second-order valence-corrected chi connectivity index (χ2v) is 4.01. The van der Waals surface area contributed by atoms with Crippen molar-refractivity contribution in [3.8, 4) is 0 Å². The average Bonchev–Trinajstić information content (AvgIpc) is 2.01. The van der Waals surface area contributed by atoms with Crippen LogP contribution in [0.4, 0.5) is 5.82 Å². The van der Waals surface area contributed by atoms with Gasteiger partial charge < -0.3 is 5.32 Å². The lowest BCUT2D eigenvalue weighted by atomic mass is 10.1. The van der Waals surface area contributed by atoms with Gasteiger partial charge in [0.05, 0.1) is 0 Å². The molecule has 1 aromatic heterocycles. The van der Waals surface area contributed by atoms with E-state index >= 15 is 0 Å². The molecule has 0 spiro atoms. The molecule has 0 saturated carbocycles. The van der Waals surface area contributed by atoms with Crippen LogP contribution < -0.4 is 5.32 Å². The molecule has 14 heavy (non-hydrogen) atoms. The predicted octanol–water partition coefficient (Wildman–Crippen LogP) is 2.76. The summed E-state index contributed by atoms with van der Waals surface area (Å²) in [5.41, 5.74) is 0. The maximum Gasteiger partial charge on any atom is 0.134 e. The van der Waals surface area contributed by atoms with Gasteiger partial charge in [0, 0.05) is 19.0 Å². The Kier molecular flexibility index (Phi) is 4.14. The molecule has 1 aromatic rings. The lowest BCUT2D eigenvalue weighted by Gasteiger charge is -2.07. The normalized spacial score (nSPS) is 10.6. The molecular formula is C10H16ClN3. The number of aromatic nitrogens is 2. The van der Waals surface area contributed by atoms with Crippen LogP contribution in [0.2, 0.25) is 5.15 Å². The molecule has 0 atom stereocenters. The summed E-state index contributed by atoms with van der Waals surface area (Å²) in [6, 6.07) is 1.74. The van der Waals surface area contributed by atoms with Gasteiger partial charge in [0.2, 0.25) is 0 Å². The Bertz CT molecular complexity index is 299. The molecule has 0 aromatic carbocycles.